The lowest BCUT2D eigenvalue weighted by Crippen LogP contribution is -2.05. The number of nitrogens with zero attached hydrogens (tertiary/aromatic N) is 1. The quantitative estimate of drug-likeness (QED) is 0.761. The fraction of sp³-hybridized carbons (Fsp3) is 0.200. The first kappa shape index (κ1) is 9.92. The summed E-state index contributed by atoms with van der Waals surface area (Å²) in [5, 5.41) is 7.28. The summed E-state index contributed by atoms with van der Waals surface area (Å²) >= 11 is 1.66. The van der Waals surface area contributed by atoms with Gasteiger partial charge in [0.05, 0.1) is 12.1 Å². The number of nitrogens with one attached hydrogen (secondary N) is 2. The van der Waals surface area contributed by atoms with Crippen LogP contribution in [-0.2, 0) is 6.54 Å². The third kappa shape index (κ3) is 2.24. The van der Waals surface area contributed by atoms with E-state index in [1.807, 2.05) is 24.4 Å². The monoisotopic (exact) mass is 221 g/mol. The fourth-order valence-corrected chi connectivity index (χ4v) is 1.88. The minimum absolute atomic E-state index is 0.123. The highest BCUT2D eigenvalue weighted by atomic mass is 32.1. The molecule has 0 radical (unpaired) electrons. The van der Waals surface area contributed by atoms with E-state index in [9.17, 15) is 4.79 Å². The van der Waals surface area contributed by atoms with Crippen molar-refractivity contribution in [2.75, 3.05) is 0 Å². The Kier molecular flexibility index (Phi) is 2.82. The van der Waals surface area contributed by atoms with Gasteiger partial charge in [0.1, 0.15) is 0 Å². The van der Waals surface area contributed by atoms with Crippen molar-refractivity contribution < 1.29 is 0 Å². The molecule has 0 saturated heterocycles. The Morgan fingerprint density at radius 3 is 3.00 bits per heavy atom. The summed E-state index contributed by atoms with van der Waals surface area (Å²) in [6.07, 6.45) is 1.62. The van der Waals surface area contributed by atoms with E-state index in [1.165, 1.54) is 4.88 Å². The van der Waals surface area contributed by atoms with Gasteiger partial charge in [0.2, 0.25) is 0 Å². The van der Waals surface area contributed by atoms with Crippen LogP contribution >= 0.6 is 11.3 Å². The van der Waals surface area contributed by atoms with Crippen molar-refractivity contribution in [1.82, 2.24) is 10.2 Å². The van der Waals surface area contributed by atoms with Crippen molar-refractivity contribution in [3.8, 4) is 0 Å². The van der Waals surface area contributed by atoms with Crippen molar-refractivity contribution in [1.29, 1.82) is 0 Å². The van der Waals surface area contributed by atoms with Crippen LogP contribution in [0.15, 0.2) is 27.3 Å². The van der Waals surface area contributed by atoms with Gasteiger partial charge >= 0.3 is 0 Å². The second-order valence-corrected chi connectivity index (χ2v) is 4.20. The molecular formula is C10H11N3OS. The average molecular weight is 221 g/mol. The highest BCUT2D eigenvalue weighted by Crippen LogP contribution is 2.09. The Labute approximate surface area is 90.7 Å². The molecule has 2 rings (SSSR count). The number of H-pyrrole nitrogens is 2. The molecular weight excluding hydrogens is 210 g/mol. The number of aromatic nitrogens is 2. The number of hydrogen-bond donors (Lipinski definition) is 2. The molecule has 5 heteroatoms. The van der Waals surface area contributed by atoms with E-state index in [-0.39, 0.29) is 5.56 Å². The predicted molar refractivity (Wildman–Crippen MR) is 61.8 cm³/mol. The second-order valence-electron chi connectivity index (χ2n) is 3.17. The van der Waals surface area contributed by atoms with E-state index in [0.29, 0.717) is 12.1 Å². The van der Waals surface area contributed by atoms with Crippen LogP contribution in [0.2, 0.25) is 0 Å². The average Bonchev–Trinajstić information content (AvgIpc) is 2.82. The van der Waals surface area contributed by atoms with Crippen LogP contribution in [-0.4, -0.2) is 16.4 Å². The molecule has 0 saturated carbocycles. The van der Waals surface area contributed by atoms with Gasteiger partial charge in [-0.05, 0) is 18.4 Å². The van der Waals surface area contributed by atoms with E-state index in [4.69, 9.17) is 0 Å². The Morgan fingerprint density at radius 1 is 1.53 bits per heavy atom. The molecule has 0 aliphatic rings. The molecule has 0 amide bonds. The molecule has 0 aliphatic heterocycles. The number of aromatic amines is 2. The minimum Gasteiger partial charge on any atom is -0.302 e. The van der Waals surface area contributed by atoms with Crippen molar-refractivity contribution in [2.45, 2.75) is 13.5 Å². The molecule has 78 valence electrons. The van der Waals surface area contributed by atoms with Crippen LogP contribution in [0.4, 0.5) is 0 Å². The first-order valence-electron chi connectivity index (χ1n) is 4.57. The van der Waals surface area contributed by atoms with Crippen LogP contribution in [0.3, 0.4) is 0 Å². The van der Waals surface area contributed by atoms with Crippen molar-refractivity contribution in [3.63, 3.8) is 0 Å². The van der Waals surface area contributed by atoms with E-state index in [0.717, 1.165) is 5.69 Å². The maximum atomic E-state index is 11.3. The summed E-state index contributed by atoms with van der Waals surface area (Å²) in [6.45, 7) is 2.46. The number of aryl methyl sites for hydroxylation is 1. The molecule has 0 bridgehead atoms. The van der Waals surface area contributed by atoms with E-state index in [2.05, 4.69) is 15.2 Å². The van der Waals surface area contributed by atoms with Crippen LogP contribution in [0.1, 0.15) is 16.1 Å². The molecule has 2 N–H and O–H groups in total. The molecule has 0 atom stereocenters. The lowest BCUT2D eigenvalue weighted by molar-refractivity contribution is 1.02. The first-order valence-corrected chi connectivity index (χ1v) is 5.45. The van der Waals surface area contributed by atoms with Gasteiger partial charge in [-0.1, -0.05) is 6.07 Å². The van der Waals surface area contributed by atoms with Crippen molar-refractivity contribution in [2.24, 2.45) is 4.99 Å². The molecule has 2 aromatic rings. The maximum Gasteiger partial charge on any atom is 0.272 e. The highest BCUT2D eigenvalue weighted by molar-refractivity contribution is 7.09. The van der Waals surface area contributed by atoms with Gasteiger partial charge in [-0.15, -0.1) is 11.3 Å². The minimum atomic E-state index is -0.123. The van der Waals surface area contributed by atoms with Gasteiger partial charge in [-0.2, -0.15) is 0 Å². The molecule has 0 spiro atoms. The standard InChI is InChI=1S/C10H11N3OS/c1-7-9(10(14)13-12-7)6-11-5-8-3-2-4-15-8/h2-4,6H,5H2,1H3,(H2,12,13,14). The van der Waals surface area contributed by atoms with Gasteiger partial charge in [0.15, 0.2) is 0 Å². The largest absolute Gasteiger partial charge is 0.302 e. The zero-order valence-corrected chi connectivity index (χ0v) is 9.10. The zero-order valence-electron chi connectivity index (χ0n) is 8.28. The van der Waals surface area contributed by atoms with Gasteiger partial charge < -0.3 is 5.10 Å². The second kappa shape index (κ2) is 4.27. The van der Waals surface area contributed by atoms with Crippen molar-refractivity contribution >= 4 is 17.6 Å². The van der Waals surface area contributed by atoms with Crippen LogP contribution < -0.4 is 5.56 Å². The van der Waals surface area contributed by atoms with Crippen LogP contribution in [0, 0.1) is 6.92 Å². The van der Waals surface area contributed by atoms with Gasteiger partial charge in [-0.25, -0.2) is 0 Å². The summed E-state index contributed by atoms with van der Waals surface area (Å²) in [4.78, 5) is 16.7. The third-order valence-electron chi connectivity index (χ3n) is 2.06. The van der Waals surface area contributed by atoms with E-state index < -0.39 is 0 Å². The molecule has 0 fully saturated rings. The van der Waals surface area contributed by atoms with Gasteiger partial charge in [0, 0.05) is 16.8 Å². The van der Waals surface area contributed by atoms with Crippen LogP contribution in [0.25, 0.3) is 0 Å². The zero-order chi connectivity index (χ0) is 10.7. The van der Waals surface area contributed by atoms with Gasteiger partial charge in [-0.3, -0.25) is 14.9 Å². The Balaban J connectivity index is 2.09. The number of aliphatic imine (C=N–C) groups is 1. The fourth-order valence-electron chi connectivity index (χ4n) is 1.24. The summed E-state index contributed by atoms with van der Waals surface area (Å²) in [6, 6.07) is 4.01. The van der Waals surface area contributed by atoms with Crippen LogP contribution in [0.5, 0.6) is 0 Å². The number of thiophene rings is 1. The maximum absolute atomic E-state index is 11.3. The smallest absolute Gasteiger partial charge is 0.272 e. The van der Waals surface area contributed by atoms with Gasteiger partial charge in [0.25, 0.3) is 5.56 Å². The lowest BCUT2D eigenvalue weighted by atomic mass is 10.3. The summed E-state index contributed by atoms with van der Waals surface area (Å²) in [5.74, 6) is 0. The lowest BCUT2D eigenvalue weighted by Gasteiger charge is -1.88. The van der Waals surface area contributed by atoms with E-state index in [1.54, 1.807) is 17.6 Å². The molecule has 0 aromatic carbocycles. The topological polar surface area (TPSA) is 61.0 Å². The number of hydrogen-bond acceptors (Lipinski definition) is 3. The highest BCUT2D eigenvalue weighted by Gasteiger charge is 2.01. The number of rotatable bonds is 3. The summed E-state index contributed by atoms with van der Waals surface area (Å²) < 4.78 is 0. The van der Waals surface area contributed by atoms with Crippen molar-refractivity contribution in [3.05, 3.63) is 44.0 Å². The molecule has 2 aromatic heterocycles. The SMILES string of the molecule is Cc1[nH][nH]c(=O)c1C=NCc1cccs1. The third-order valence-corrected chi connectivity index (χ3v) is 2.92. The first-order chi connectivity index (χ1) is 7.27. The molecule has 0 aliphatic carbocycles. The Morgan fingerprint density at radius 2 is 2.40 bits per heavy atom. The Bertz CT molecular complexity index is 507. The molecule has 15 heavy (non-hydrogen) atoms. The molecule has 2 heterocycles. The normalized spacial score (nSPS) is 11.3. The van der Waals surface area contributed by atoms with E-state index >= 15 is 0 Å². The molecule has 0 unspecified atom stereocenters. The summed E-state index contributed by atoms with van der Waals surface area (Å²) in [7, 11) is 0. The summed E-state index contributed by atoms with van der Waals surface area (Å²) in [5.41, 5.74) is 1.30. The Hall–Kier alpha value is -1.62. The molecule has 4 nitrogen and oxygen atoms in total. The predicted octanol–water partition coefficient (Wildman–Crippen LogP) is 1.69.